The van der Waals surface area contributed by atoms with Crippen molar-refractivity contribution in [2.75, 3.05) is 37.8 Å². The van der Waals surface area contributed by atoms with Crippen molar-refractivity contribution in [3.63, 3.8) is 0 Å². The fraction of sp³-hybridized carbons (Fsp3) is 0.500. The first-order valence-corrected chi connectivity index (χ1v) is 7.16. The molecule has 1 rings (SSSR count). The average Bonchev–Trinajstić information content (AvgIpc) is 2.33. The minimum atomic E-state index is 0.0924. The number of anilines is 2. The number of likely N-dealkylation sites (N-methyl/N-ethyl adjacent to an activating group) is 1. The third-order valence-electron chi connectivity index (χ3n) is 2.99. The van der Waals surface area contributed by atoms with Crippen LogP contribution < -0.4 is 10.6 Å². The molecule has 5 heteroatoms. The number of aryl methyl sites for hydroxylation is 1. The summed E-state index contributed by atoms with van der Waals surface area (Å²) >= 11 is 3.53. The molecule has 0 aliphatic rings. The van der Waals surface area contributed by atoms with E-state index in [1.165, 1.54) is 0 Å². The Morgan fingerprint density at radius 2 is 2.00 bits per heavy atom. The number of hydrogen-bond acceptors (Lipinski definition) is 3. The van der Waals surface area contributed by atoms with Gasteiger partial charge < -0.3 is 15.5 Å². The molecule has 0 saturated heterocycles. The van der Waals surface area contributed by atoms with Gasteiger partial charge in [0.2, 0.25) is 5.91 Å². The molecule has 0 unspecified atom stereocenters. The van der Waals surface area contributed by atoms with Crippen molar-refractivity contribution < 1.29 is 4.79 Å². The Labute approximate surface area is 123 Å². The lowest BCUT2D eigenvalue weighted by atomic mass is 10.1. The summed E-state index contributed by atoms with van der Waals surface area (Å²) in [6.07, 6.45) is 0.983. The van der Waals surface area contributed by atoms with Gasteiger partial charge in [-0.1, -0.05) is 6.92 Å². The van der Waals surface area contributed by atoms with Gasteiger partial charge in [0.05, 0.1) is 12.2 Å². The van der Waals surface area contributed by atoms with Crippen LogP contribution in [0.5, 0.6) is 0 Å². The number of nitrogens with zero attached hydrogens (tertiary/aromatic N) is 2. The molecule has 0 heterocycles. The van der Waals surface area contributed by atoms with Gasteiger partial charge in [-0.3, -0.25) is 4.79 Å². The maximum atomic E-state index is 11.9. The Morgan fingerprint density at radius 1 is 1.37 bits per heavy atom. The van der Waals surface area contributed by atoms with Crippen LogP contribution >= 0.6 is 15.9 Å². The summed E-state index contributed by atoms with van der Waals surface area (Å²) in [5.74, 6) is 0.0924. The number of hydrogen-bond donors (Lipinski definition) is 1. The molecule has 4 nitrogen and oxygen atoms in total. The fourth-order valence-electron chi connectivity index (χ4n) is 1.78. The Hall–Kier alpha value is -1.23. The molecule has 0 aliphatic carbocycles. The number of rotatable bonds is 5. The summed E-state index contributed by atoms with van der Waals surface area (Å²) in [7, 11) is 3.55. The van der Waals surface area contributed by atoms with Crippen LogP contribution in [0.1, 0.15) is 18.9 Å². The highest BCUT2D eigenvalue weighted by molar-refractivity contribution is 9.10. The van der Waals surface area contributed by atoms with Gasteiger partial charge in [-0.25, -0.2) is 0 Å². The fourth-order valence-corrected chi connectivity index (χ4v) is 2.40. The standard InChI is InChI=1S/C14H22BrN3O/c1-5-6-18(9-14(19)17(3)4)13-7-10(2)12(16)8-11(13)15/h7-8H,5-6,9,16H2,1-4H3. The molecule has 0 saturated carbocycles. The van der Waals surface area contributed by atoms with Crippen molar-refractivity contribution in [2.24, 2.45) is 0 Å². The lowest BCUT2D eigenvalue weighted by Gasteiger charge is -2.27. The van der Waals surface area contributed by atoms with Crippen molar-refractivity contribution in [2.45, 2.75) is 20.3 Å². The molecule has 19 heavy (non-hydrogen) atoms. The highest BCUT2D eigenvalue weighted by Crippen LogP contribution is 2.31. The second-order valence-electron chi connectivity index (χ2n) is 4.87. The lowest BCUT2D eigenvalue weighted by molar-refractivity contribution is -0.127. The molecule has 0 atom stereocenters. The van der Waals surface area contributed by atoms with Gasteiger partial charge >= 0.3 is 0 Å². The zero-order valence-electron chi connectivity index (χ0n) is 12.0. The summed E-state index contributed by atoms with van der Waals surface area (Å²) in [6.45, 7) is 5.29. The SMILES string of the molecule is CCCN(CC(=O)N(C)C)c1cc(C)c(N)cc1Br. The van der Waals surface area contributed by atoms with E-state index in [1.54, 1.807) is 19.0 Å². The van der Waals surface area contributed by atoms with E-state index >= 15 is 0 Å². The van der Waals surface area contributed by atoms with Crippen molar-refractivity contribution >= 4 is 33.2 Å². The van der Waals surface area contributed by atoms with Crippen molar-refractivity contribution in [3.8, 4) is 0 Å². The van der Waals surface area contributed by atoms with Gasteiger partial charge in [0, 0.05) is 30.8 Å². The number of benzene rings is 1. The maximum absolute atomic E-state index is 11.9. The second kappa shape index (κ2) is 6.80. The van der Waals surface area contributed by atoms with E-state index in [9.17, 15) is 4.79 Å². The second-order valence-corrected chi connectivity index (χ2v) is 5.72. The monoisotopic (exact) mass is 327 g/mol. The third kappa shape index (κ3) is 4.13. The molecule has 106 valence electrons. The van der Waals surface area contributed by atoms with E-state index in [-0.39, 0.29) is 5.91 Å². The highest BCUT2D eigenvalue weighted by atomic mass is 79.9. The molecule has 0 bridgehead atoms. The normalized spacial score (nSPS) is 10.4. The minimum Gasteiger partial charge on any atom is -0.398 e. The van der Waals surface area contributed by atoms with Crippen molar-refractivity contribution in [1.29, 1.82) is 0 Å². The van der Waals surface area contributed by atoms with E-state index in [1.807, 2.05) is 19.1 Å². The van der Waals surface area contributed by atoms with Crippen LogP contribution in [0.2, 0.25) is 0 Å². The lowest BCUT2D eigenvalue weighted by Crippen LogP contribution is -2.37. The van der Waals surface area contributed by atoms with Crippen molar-refractivity contribution in [1.82, 2.24) is 4.90 Å². The van der Waals surface area contributed by atoms with Gasteiger partial charge in [-0.2, -0.15) is 0 Å². The molecule has 1 amide bonds. The van der Waals surface area contributed by atoms with Crippen molar-refractivity contribution in [3.05, 3.63) is 22.2 Å². The number of amides is 1. The van der Waals surface area contributed by atoms with Crippen LogP contribution in [0.25, 0.3) is 0 Å². The molecule has 0 aromatic heterocycles. The minimum absolute atomic E-state index is 0.0924. The molecule has 1 aromatic carbocycles. The van der Waals surface area contributed by atoms with Gasteiger partial charge in [0.25, 0.3) is 0 Å². The van der Waals surface area contributed by atoms with E-state index in [0.717, 1.165) is 34.4 Å². The Morgan fingerprint density at radius 3 is 2.53 bits per heavy atom. The number of nitrogen functional groups attached to an aromatic ring is 1. The molecule has 0 fully saturated rings. The van der Waals surface area contributed by atoms with E-state index in [2.05, 4.69) is 27.8 Å². The smallest absolute Gasteiger partial charge is 0.241 e. The van der Waals surface area contributed by atoms with Crippen LogP contribution in [0, 0.1) is 6.92 Å². The molecular formula is C14H22BrN3O. The first-order chi connectivity index (χ1) is 8.86. The number of carbonyl (C=O) groups is 1. The largest absolute Gasteiger partial charge is 0.398 e. The third-order valence-corrected chi connectivity index (χ3v) is 3.63. The molecule has 1 aromatic rings. The summed E-state index contributed by atoms with van der Waals surface area (Å²) in [6, 6.07) is 3.92. The van der Waals surface area contributed by atoms with E-state index in [0.29, 0.717) is 6.54 Å². The highest BCUT2D eigenvalue weighted by Gasteiger charge is 2.15. The maximum Gasteiger partial charge on any atom is 0.241 e. The van der Waals surface area contributed by atoms with Crippen LogP contribution in [0.3, 0.4) is 0 Å². The Balaban J connectivity index is 3.05. The summed E-state index contributed by atoms with van der Waals surface area (Å²) in [4.78, 5) is 15.6. The molecule has 0 aliphatic heterocycles. The summed E-state index contributed by atoms with van der Waals surface area (Å²) in [5.41, 5.74) is 8.69. The van der Waals surface area contributed by atoms with Gasteiger partial charge in [-0.15, -0.1) is 0 Å². The Bertz CT molecular complexity index is 460. The summed E-state index contributed by atoms with van der Waals surface area (Å²) in [5, 5.41) is 0. The quantitative estimate of drug-likeness (QED) is 0.846. The summed E-state index contributed by atoms with van der Waals surface area (Å²) < 4.78 is 0.926. The number of carbonyl (C=O) groups excluding carboxylic acids is 1. The van der Waals surface area contributed by atoms with Gasteiger partial charge in [0.15, 0.2) is 0 Å². The number of nitrogens with two attached hydrogens (primary N) is 1. The van der Waals surface area contributed by atoms with E-state index in [4.69, 9.17) is 5.73 Å². The molecule has 0 radical (unpaired) electrons. The van der Waals surface area contributed by atoms with Crippen LogP contribution in [0.15, 0.2) is 16.6 Å². The molecular weight excluding hydrogens is 306 g/mol. The zero-order valence-corrected chi connectivity index (χ0v) is 13.6. The van der Waals surface area contributed by atoms with Crippen LogP contribution in [-0.2, 0) is 4.79 Å². The first-order valence-electron chi connectivity index (χ1n) is 6.37. The first kappa shape index (κ1) is 15.8. The molecule has 0 spiro atoms. The van der Waals surface area contributed by atoms with Gasteiger partial charge in [0.1, 0.15) is 0 Å². The molecule has 2 N–H and O–H groups in total. The average molecular weight is 328 g/mol. The van der Waals surface area contributed by atoms with E-state index < -0.39 is 0 Å². The predicted octanol–water partition coefficient (Wildman–Crippen LogP) is 2.64. The topological polar surface area (TPSA) is 49.6 Å². The van der Waals surface area contributed by atoms with Gasteiger partial charge in [-0.05, 0) is 47.0 Å². The Kier molecular flexibility index (Phi) is 5.66. The number of halogens is 1. The van der Waals surface area contributed by atoms with Crippen LogP contribution in [0.4, 0.5) is 11.4 Å². The predicted molar refractivity (Wildman–Crippen MR) is 84.5 cm³/mol. The van der Waals surface area contributed by atoms with Crippen LogP contribution in [-0.4, -0.2) is 38.0 Å². The zero-order chi connectivity index (χ0) is 14.6.